The Hall–Kier alpha value is -2.77. The maximum atomic E-state index is 13.0. The fourth-order valence-electron chi connectivity index (χ4n) is 3.99. The van der Waals surface area contributed by atoms with Crippen molar-refractivity contribution in [2.75, 3.05) is 49.2 Å². The summed E-state index contributed by atoms with van der Waals surface area (Å²) < 4.78 is 0. The van der Waals surface area contributed by atoms with Crippen LogP contribution in [0.3, 0.4) is 0 Å². The van der Waals surface area contributed by atoms with E-state index in [4.69, 9.17) is 5.73 Å². The topological polar surface area (TPSA) is 77.4 Å². The van der Waals surface area contributed by atoms with E-state index in [1.165, 1.54) is 17.0 Å². The van der Waals surface area contributed by atoms with Crippen LogP contribution in [0.5, 0.6) is 0 Å². The molecule has 0 atom stereocenters. The van der Waals surface area contributed by atoms with Crippen LogP contribution in [0.1, 0.15) is 31.4 Å². The fourth-order valence-corrected chi connectivity index (χ4v) is 4.77. The maximum absolute atomic E-state index is 13.0. The number of anilines is 3. The standard InChI is InChI=1S/C24H31N5OS/c1-5-15(2)23(21-22(25)18-13-31-14-20(18)27-24(21)30)26-19-12-17(7-6-16(19)3)29-10-8-28(4)9-11-29/h6-7,12-14,26H,5,8-11,25H2,1-4H3,(H,27,30)/b23-15+. The van der Waals surface area contributed by atoms with Crippen LogP contribution < -0.4 is 21.5 Å². The van der Waals surface area contributed by atoms with E-state index >= 15 is 0 Å². The summed E-state index contributed by atoms with van der Waals surface area (Å²) in [6.45, 7) is 10.4. The van der Waals surface area contributed by atoms with Crippen molar-refractivity contribution < 1.29 is 0 Å². The van der Waals surface area contributed by atoms with Gasteiger partial charge in [0.05, 0.1) is 22.5 Å². The lowest BCUT2D eigenvalue weighted by Gasteiger charge is -2.34. The van der Waals surface area contributed by atoms with Gasteiger partial charge < -0.3 is 25.8 Å². The Morgan fingerprint density at radius 2 is 1.97 bits per heavy atom. The van der Waals surface area contributed by atoms with E-state index in [-0.39, 0.29) is 5.56 Å². The lowest BCUT2D eigenvalue weighted by atomic mass is 10.0. The summed E-state index contributed by atoms with van der Waals surface area (Å²) >= 11 is 1.54. The number of aromatic nitrogens is 1. The molecule has 6 nitrogen and oxygen atoms in total. The van der Waals surface area contributed by atoms with Crippen LogP contribution in [0.4, 0.5) is 17.1 Å². The Labute approximate surface area is 187 Å². The van der Waals surface area contributed by atoms with Crippen molar-refractivity contribution in [3.63, 3.8) is 0 Å². The molecule has 1 aliphatic heterocycles. The van der Waals surface area contributed by atoms with E-state index in [1.54, 1.807) is 0 Å². The van der Waals surface area contributed by atoms with Gasteiger partial charge in [0.2, 0.25) is 0 Å². The van der Waals surface area contributed by atoms with Gasteiger partial charge in [-0.1, -0.05) is 13.0 Å². The van der Waals surface area contributed by atoms with Gasteiger partial charge in [-0.3, -0.25) is 4.79 Å². The zero-order valence-corrected chi connectivity index (χ0v) is 19.5. The SMILES string of the molecule is CC/C(C)=C(/Nc1cc(N2CCN(C)CC2)ccc1C)c1c(N)c2cscc2[nH]c1=O. The molecule has 4 N–H and O–H groups in total. The van der Waals surface area contributed by atoms with Crippen molar-refractivity contribution in [3.8, 4) is 0 Å². The van der Waals surface area contributed by atoms with Gasteiger partial charge in [0.1, 0.15) is 0 Å². The first-order valence-electron chi connectivity index (χ1n) is 10.8. The second-order valence-corrected chi connectivity index (χ2v) is 9.11. The number of aryl methyl sites for hydroxylation is 1. The summed E-state index contributed by atoms with van der Waals surface area (Å²) in [6.07, 6.45) is 0.820. The zero-order valence-electron chi connectivity index (χ0n) is 18.7. The highest BCUT2D eigenvalue weighted by molar-refractivity contribution is 7.09. The average molecular weight is 438 g/mol. The quantitative estimate of drug-likeness (QED) is 0.548. The number of pyridine rings is 1. The van der Waals surface area contributed by atoms with E-state index < -0.39 is 0 Å². The molecule has 0 radical (unpaired) electrons. The molecule has 0 spiro atoms. The summed E-state index contributed by atoms with van der Waals surface area (Å²) in [5, 5.41) is 8.39. The number of likely N-dealkylation sites (N-methyl/N-ethyl adjacent to an activating group) is 1. The lowest BCUT2D eigenvalue weighted by molar-refractivity contribution is 0.313. The average Bonchev–Trinajstić information content (AvgIpc) is 3.23. The first-order chi connectivity index (χ1) is 14.9. The Bertz CT molecular complexity index is 1180. The number of nitrogens with one attached hydrogen (secondary N) is 2. The van der Waals surface area contributed by atoms with Crippen molar-refractivity contribution in [2.45, 2.75) is 27.2 Å². The Balaban J connectivity index is 1.75. The summed E-state index contributed by atoms with van der Waals surface area (Å²) in [5.74, 6) is 0. The first-order valence-corrected chi connectivity index (χ1v) is 11.7. The molecule has 3 aromatic rings. The van der Waals surface area contributed by atoms with Crippen LogP contribution in [0.2, 0.25) is 0 Å². The van der Waals surface area contributed by atoms with Crippen LogP contribution in [-0.2, 0) is 0 Å². The monoisotopic (exact) mass is 437 g/mol. The highest BCUT2D eigenvalue weighted by atomic mass is 32.1. The molecule has 1 aliphatic rings. The van der Waals surface area contributed by atoms with Gasteiger partial charge in [-0.15, -0.1) is 11.3 Å². The molecule has 3 heterocycles. The second-order valence-electron chi connectivity index (χ2n) is 8.37. The summed E-state index contributed by atoms with van der Waals surface area (Å²) in [4.78, 5) is 20.8. The molecular weight excluding hydrogens is 406 g/mol. The molecule has 0 bridgehead atoms. The van der Waals surface area contributed by atoms with Crippen molar-refractivity contribution in [2.24, 2.45) is 0 Å². The minimum Gasteiger partial charge on any atom is -0.397 e. The molecule has 7 heteroatoms. The number of rotatable bonds is 5. The molecule has 31 heavy (non-hydrogen) atoms. The third kappa shape index (κ3) is 4.20. The number of hydrogen-bond donors (Lipinski definition) is 3. The van der Waals surface area contributed by atoms with Gasteiger partial charge in [-0.25, -0.2) is 0 Å². The largest absolute Gasteiger partial charge is 0.397 e. The second kappa shape index (κ2) is 8.77. The van der Waals surface area contributed by atoms with Gasteiger partial charge in [-0.05, 0) is 50.6 Å². The van der Waals surface area contributed by atoms with Crippen molar-refractivity contribution >= 4 is 45.0 Å². The van der Waals surface area contributed by atoms with E-state index in [0.29, 0.717) is 11.3 Å². The molecular formula is C24H31N5OS. The predicted molar refractivity (Wildman–Crippen MR) is 134 cm³/mol. The Kier molecular flexibility index (Phi) is 6.07. The van der Waals surface area contributed by atoms with Crippen LogP contribution in [0.15, 0.2) is 39.3 Å². The molecule has 4 rings (SSSR count). The molecule has 0 saturated carbocycles. The number of aromatic amines is 1. The third-order valence-electron chi connectivity index (χ3n) is 6.25. The number of nitrogen functional groups attached to an aromatic ring is 1. The van der Waals surface area contributed by atoms with Gasteiger partial charge in [0.25, 0.3) is 5.56 Å². The minimum atomic E-state index is -0.161. The molecule has 0 amide bonds. The maximum Gasteiger partial charge on any atom is 0.259 e. The van der Waals surface area contributed by atoms with Gasteiger partial charge in [-0.2, -0.15) is 0 Å². The van der Waals surface area contributed by atoms with E-state index in [1.807, 2.05) is 10.8 Å². The van der Waals surface area contributed by atoms with Crippen LogP contribution in [-0.4, -0.2) is 43.1 Å². The zero-order chi connectivity index (χ0) is 22.1. The van der Waals surface area contributed by atoms with Crippen LogP contribution >= 0.6 is 11.3 Å². The lowest BCUT2D eigenvalue weighted by Crippen LogP contribution is -2.44. The van der Waals surface area contributed by atoms with Crippen molar-refractivity contribution in [1.29, 1.82) is 0 Å². The smallest absolute Gasteiger partial charge is 0.259 e. The van der Waals surface area contributed by atoms with Crippen molar-refractivity contribution in [3.05, 3.63) is 56.0 Å². The minimum absolute atomic E-state index is 0.161. The fraction of sp³-hybridized carbons (Fsp3) is 0.375. The number of hydrogen-bond acceptors (Lipinski definition) is 6. The van der Waals surface area contributed by atoms with Crippen LogP contribution in [0, 0.1) is 6.92 Å². The van der Waals surface area contributed by atoms with Crippen LogP contribution in [0.25, 0.3) is 16.6 Å². The van der Waals surface area contributed by atoms with Gasteiger partial charge in [0, 0.05) is 53.7 Å². The molecule has 1 fully saturated rings. The Morgan fingerprint density at radius 1 is 1.23 bits per heavy atom. The summed E-state index contributed by atoms with van der Waals surface area (Å²) in [5.41, 5.74) is 13.4. The number of thiophene rings is 1. The van der Waals surface area contributed by atoms with Gasteiger partial charge >= 0.3 is 0 Å². The van der Waals surface area contributed by atoms with E-state index in [2.05, 4.69) is 66.1 Å². The number of H-pyrrole nitrogens is 1. The summed E-state index contributed by atoms with van der Waals surface area (Å²) in [6, 6.07) is 6.52. The molecule has 1 aromatic carbocycles. The molecule has 164 valence electrons. The van der Waals surface area contributed by atoms with Gasteiger partial charge in [0.15, 0.2) is 0 Å². The molecule has 1 saturated heterocycles. The predicted octanol–water partition coefficient (Wildman–Crippen LogP) is 4.49. The Morgan fingerprint density at radius 3 is 2.68 bits per heavy atom. The van der Waals surface area contributed by atoms with Crippen molar-refractivity contribution in [1.82, 2.24) is 9.88 Å². The number of nitrogens with zero attached hydrogens (tertiary/aromatic N) is 2. The molecule has 0 unspecified atom stereocenters. The number of fused-ring (bicyclic) bond motifs is 1. The molecule has 0 aliphatic carbocycles. The molecule has 2 aromatic heterocycles. The van der Waals surface area contributed by atoms with E-state index in [0.717, 1.165) is 66.0 Å². The number of nitrogens with two attached hydrogens (primary N) is 1. The number of benzene rings is 1. The first kappa shape index (κ1) is 21.5. The highest BCUT2D eigenvalue weighted by Crippen LogP contribution is 2.33. The summed E-state index contributed by atoms with van der Waals surface area (Å²) in [7, 11) is 2.16. The van der Waals surface area contributed by atoms with E-state index in [9.17, 15) is 4.79 Å². The third-order valence-corrected chi connectivity index (χ3v) is 7.00. The number of piperazine rings is 1. The number of allylic oxidation sites excluding steroid dienone is 1. The highest BCUT2D eigenvalue weighted by Gasteiger charge is 2.19. The normalized spacial score (nSPS) is 15.9.